The number of primary amides is 1. The van der Waals surface area contributed by atoms with Crippen molar-refractivity contribution < 1.29 is 23.1 Å². The first-order chi connectivity index (χ1) is 15.2. The van der Waals surface area contributed by atoms with Crippen LogP contribution in [0.15, 0.2) is 53.4 Å². The Bertz CT molecular complexity index is 1020. The molecule has 1 fully saturated rings. The second-order valence-electron chi connectivity index (χ2n) is 7.97. The predicted octanol–water partition coefficient (Wildman–Crippen LogP) is 3.61. The molecule has 1 heterocycles. The Kier molecular flexibility index (Phi) is 9.41. The maximum absolute atomic E-state index is 12.6. The van der Waals surface area contributed by atoms with Crippen molar-refractivity contribution in [3.05, 3.63) is 65.2 Å². The molecule has 0 aromatic heterocycles. The lowest BCUT2D eigenvalue weighted by Crippen LogP contribution is -2.42. The van der Waals surface area contributed by atoms with Gasteiger partial charge in [0.1, 0.15) is 0 Å². The molecule has 0 aliphatic carbocycles. The second kappa shape index (κ2) is 11.8. The van der Waals surface area contributed by atoms with E-state index in [9.17, 15) is 18.0 Å². The molecule has 2 aromatic carbocycles. The molecule has 0 bridgehead atoms. The standard InChI is InChI=1S/C16H23NO4S.C8H9NO/c1-2-3-5-13-7-9-15(10-8-13)22(20,21)17-11-4-6-14(12-17)16(18)19;1-6-4-2-3-5-7(6)8(9)10/h7-10,14H,2-6,11-12H2,1H3,(H,18,19);2-5H,1H3,(H2,9,10). The Balaban J connectivity index is 0.000000303. The number of carboxylic acid groups (broad SMARTS) is 1. The fourth-order valence-corrected chi connectivity index (χ4v) is 5.09. The van der Waals surface area contributed by atoms with Crippen molar-refractivity contribution in [1.29, 1.82) is 0 Å². The number of unbranched alkanes of at least 4 members (excludes halogenated alkanes) is 1. The van der Waals surface area contributed by atoms with Gasteiger partial charge in [-0.2, -0.15) is 4.31 Å². The van der Waals surface area contributed by atoms with Crippen LogP contribution >= 0.6 is 0 Å². The van der Waals surface area contributed by atoms with Crippen molar-refractivity contribution >= 4 is 21.9 Å². The monoisotopic (exact) mass is 460 g/mol. The fourth-order valence-electron chi connectivity index (χ4n) is 3.57. The molecule has 1 aliphatic rings. The molecule has 0 spiro atoms. The summed E-state index contributed by atoms with van der Waals surface area (Å²) in [4.78, 5) is 22.0. The van der Waals surface area contributed by atoms with Crippen molar-refractivity contribution in [3.8, 4) is 0 Å². The molecule has 3 rings (SSSR count). The van der Waals surface area contributed by atoms with Crippen molar-refractivity contribution in [2.75, 3.05) is 13.1 Å². The van der Waals surface area contributed by atoms with Crippen molar-refractivity contribution in [2.24, 2.45) is 11.7 Å². The number of sulfonamides is 1. The quantitative estimate of drug-likeness (QED) is 0.654. The maximum atomic E-state index is 12.6. The van der Waals surface area contributed by atoms with E-state index >= 15 is 0 Å². The van der Waals surface area contributed by atoms with Crippen LogP contribution in [0.1, 0.15) is 54.1 Å². The summed E-state index contributed by atoms with van der Waals surface area (Å²) in [5.41, 5.74) is 7.73. The normalized spacial score (nSPS) is 16.6. The molecule has 1 aliphatic heterocycles. The first-order valence-corrected chi connectivity index (χ1v) is 12.3. The lowest BCUT2D eigenvalue weighted by molar-refractivity contribution is -0.142. The molecular formula is C24H32N2O5S. The zero-order chi connectivity index (χ0) is 23.7. The second-order valence-corrected chi connectivity index (χ2v) is 9.91. The van der Waals surface area contributed by atoms with Gasteiger partial charge in [-0.05, 0) is 61.9 Å². The Morgan fingerprint density at radius 3 is 2.31 bits per heavy atom. The summed E-state index contributed by atoms with van der Waals surface area (Å²) in [6.07, 6.45) is 4.26. The van der Waals surface area contributed by atoms with Crippen molar-refractivity contribution in [2.45, 2.75) is 50.8 Å². The third-order valence-corrected chi connectivity index (χ3v) is 7.40. The number of aryl methyl sites for hydroxylation is 2. The van der Waals surface area contributed by atoms with Crippen LogP contribution in [-0.2, 0) is 21.2 Å². The maximum Gasteiger partial charge on any atom is 0.307 e. The minimum atomic E-state index is -3.60. The van der Waals surface area contributed by atoms with Gasteiger partial charge >= 0.3 is 5.97 Å². The van der Waals surface area contributed by atoms with Crippen LogP contribution in [0.2, 0.25) is 0 Å². The molecule has 1 unspecified atom stereocenters. The number of carbonyl (C=O) groups excluding carboxylic acids is 1. The SMILES string of the molecule is CCCCc1ccc(S(=O)(=O)N2CCCC(C(=O)O)C2)cc1.Cc1ccccc1C(N)=O. The van der Waals surface area contributed by atoms with E-state index in [0.717, 1.165) is 30.4 Å². The molecule has 1 saturated heterocycles. The van der Waals surface area contributed by atoms with Gasteiger partial charge in [-0.1, -0.05) is 43.7 Å². The number of rotatable bonds is 7. The van der Waals surface area contributed by atoms with E-state index in [1.54, 1.807) is 24.3 Å². The Labute approximate surface area is 190 Å². The summed E-state index contributed by atoms with van der Waals surface area (Å²) < 4.78 is 26.5. The van der Waals surface area contributed by atoms with E-state index in [1.165, 1.54) is 4.31 Å². The minimum Gasteiger partial charge on any atom is -0.481 e. The zero-order valence-electron chi connectivity index (χ0n) is 18.7. The highest BCUT2D eigenvalue weighted by Crippen LogP contribution is 2.24. The van der Waals surface area contributed by atoms with Gasteiger partial charge in [0.05, 0.1) is 10.8 Å². The molecule has 0 saturated carbocycles. The van der Waals surface area contributed by atoms with Crippen LogP contribution in [0.4, 0.5) is 0 Å². The van der Waals surface area contributed by atoms with Crippen LogP contribution < -0.4 is 5.73 Å². The van der Waals surface area contributed by atoms with Crippen molar-refractivity contribution in [1.82, 2.24) is 4.31 Å². The molecule has 1 atom stereocenters. The average Bonchev–Trinajstić information content (AvgIpc) is 2.78. The Hall–Kier alpha value is -2.71. The van der Waals surface area contributed by atoms with Gasteiger partial charge in [0.15, 0.2) is 0 Å². The number of benzene rings is 2. The van der Waals surface area contributed by atoms with Crippen LogP contribution in [0, 0.1) is 12.8 Å². The zero-order valence-corrected chi connectivity index (χ0v) is 19.5. The third-order valence-electron chi connectivity index (χ3n) is 5.52. The number of carbonyl (C=O) groups is 2. The number of aliphatic carboxylic acids is 1. The molecular weight excluding hydrogens is 428 g/mol. The van der Waals surface area contributed by atoms with Crippen LogP contribution in [0.25, 0.3) is 0 Å². The summed E-state index contributed by atoms with van der Waals surface area (Å²) in [6, 6.07) is 14.2. The van der Waals surface area contributed by atoms with Gasteiger partial charge in [0, 0.05) is 18.7 Å². The number of carboxylic acids is 1. The minimum absolute atomic E-state index is 0.0647. The van der Waals surface area contributed by atoms with Crippen LogP contribution in [0.5, 0.6) is 0 Å². The fraction of sp³-hybridized carbons (Fsp3) is 0.417. The molecule has 32 heavy (non-hydrogen) atoms. The molecule has 174 valence electrons. The van der Waals surface area contributed by atoms with E-state index in [0.29, 0.717) is 24.9 Å². The highest BCUT2D eigenvalue weighted by molar-refractivity contribution is 7.89. The highest BCUT2D eigenvalue weighted by atomic mass is 32.2. The first kappa shape index (κ1) is 25.5. The summed E-state index contributed by atoms with van der Waals surface area (Å²) in [5.74, 6) is -1.89. The topological polar surface area (TPSA) is 118 Å². The highest BCUT2D eigenvalue weighted by Gasteiger charge is 2.33. The Morgan fingerprint density at radius 2 is 1.78 bits per heavy atom. The Morgan fingerprint density at radius 1 is 1.12 bits per heavy atom. The van der Waals surface area contributed by atoms with E-state index in [2.05, 4.69) is 6.92 Å². The molecule has 7 nitrogen and oxygen atoms in total. The van der Waals surface area contributed by atoms with Crippen LogP contribution in [0.3, 0.4) is 0 Å². The number of nitrogens with two attached hydrogens (primary N) is 1. The van der Waals surface area contributed by atoms with Gasteiger partial charge < -0.3 is 10.8 Å². The van der Waals surface area contributed by atoms with E-state index in [-0.39, 0.29) is 17.3 Å². The van der Waals surface area contributed by atoms with E-state index < -0.39 is 21.9 Å². The van der Waals surface area contributed by atoms with Gasteiger partial charge in [-0.25, -0.2) is 8.42 Å². The van der Waals surface area contributed by atoms with Crippen LogP contribution in [-0.4, -0.2) is 42.8 Å². The van der Waals surface area contributed by atoms with Crippen molar-refractivity contribution in [3.63, 3.8) is 0 Å². The number of hydrogen-bond donors (Lipinski definition) is 2. The molecule has 1 amide bonds. The first-order valence-electron chi connectivity index (χ1n) is 10.8. The summed E-state index contributed by atoms with van der Waals surface area (Å²) in [6.45, 7) is 4.44. The van der Waals surface area contributed by atoms with E-state index in [1.807, 2.05) is 31.2 Å². The largest absolute Gasteiger partial charge is 0.481 e. The average molecular weight is 461 g/mol. The molecule has 0 radical (unpaired) electrons. The predicted molar refractivity (Wildman–Crippen MR) is 124 cm³/mol. The van der Waals surface area contributed by atoms with Gasteiger partial charge in [-0.3, -0.25) is 9.59 Å². The number of hydrogen-bond acceptors (Lipinski definition) is 4. The van der Waals surface area contributed by atoms with E-state index in [4.69, 9.17) is 10.8 Å². The van der Waals surface area contributed by atoms with Gasteiger partial charge in [-0.15, -0.1) is 0 Å². The summed E-state index contributed by atoms with van der Waals surface area (Å²) in [7, 11) is -3.60. The molecule has 8 heteroatoms. The lowest BCUT2D eigenvalue weighted by Gasteiger charge is -2.29. The third kappa shape index (κ3) is 6.90. The van der Waals surface area contributed by atoms with Gasteiger partial charge in [0.2, 0.25) is 15.9 Å². The molecule has 2 aromatic rings. The number of piperidine rings is 1. The smallest absolute Gasteiger partial charge is 0.307 e. The van der Waals surface area contributed by atoms with Gasteiger partial charge in [0.25, 0.3) is 0 Å². The summed E-state index contributed by atoms with van der Waals surface area (Å²) >= 11 is 0. The summed E-state index contributed by atoms with van der Waals surface area (Å²) in [5, 5.41) is 9.09. The number of nitrogens with zero attached hydrogens (tertiary/aromatic N) is 1. The number of amides is 1. The lowest BCUT2D eigenvalue weighted by atomic mass is 10.0. The molecule has 3 N–H and O–H groups in total.